The Morgan fingerprint density at radius 1 is 1.46 bits per heavy atom. The molecule has 0 amide bonds. The predicted molar refractivity (Wildman–Crippen MR) is 51.3 cm³/mol. The van der Waals surface area contributed by atoms with E-state index in [0.717, 1.165) is 37.2 Å². The molecule has 0 radical (unpaired) electrons. The first-order valence-corrected chi connectivity index (χ1v) is 4.85. The molecule has 0 fully saturated rings. The van der Waals surface area contributed by atoms with E-state index in [4.69, 9.17) is 4.74 Å². The number of ether oxygens (including phenoxy) is 1. The van der Waals surface area contributed by atoms with Gasteiger partial charge in [-0.15, -0.1) is 0 Å². The largest absolute Gasteiger partial charge is 0.508 e. The molecule has 2 heteroatoms. The standard InChI is InChI=1S/C11H16O2/c1-11(2)6-9(12)8-4-3-5-13-10(8)7-11/h6,12H,3-5,7H2,1-2H3. The second-order valence-corrected chi connectivity index (χ2v) is 4.55. The second kappa shape index (κ2) is 2.79. The summed E-state index contributed by atoms with van der Waals surface area (Å²) >= 11 is 0. The molecule has 2 nitrogen and oxygen atoms in total. The van der Waals surface area contributed by atoms with Gasteiger partial charge in [0.25, 0.3) is 0 Å². The van der Waals surface area contributed by atoms with Crippen LogP contribution in [-0.4, -0.2) is 11.7 Å². The molecule has 13 heavy (non-hydrogen) atoms. The van der Waals surface area contributed by atoms with Crippen LogP contribution in [0.1, 0.15) is 33.1 Å². The summed E-state index contributed by atoms with van der Waals surface area (Å²) in [7, 11) is 0. The Kier molecular flexibility index (Phi) is 1.86. The summed E-state index contributed by atoms with van der Waals surface area (Å²) in [5, 5.41) is 9.76. The molecule has 1 aliphatic carbocycles. The Labute approximate surface area is 78.9 Å². The molecule has 1 N–H and O–H groups in total. The molecule has 0 saturated heterocycles. The van der Waals surface area contributed by atoms with Crippen molar-refractivity contribution in [2.45, 2.75) is 33.1 Å². The van der Waals surface area contributed by atoms with Crippen LogP contribution in [-0.2, 0) is 4.74 Å². The summed E-state index contributed by atoms with van der Waals surface area (Å²) in [6, 6.07) is 0. The zero-order chi connectivity index (χ0) is 9.47. The number of aliphatic hydroxyl groups excluding tert-OH is 1. The minimum Gasteiger partial charge on any atom is -0.508 e. The van der Waals surface area contributed by atoms with E-state index in [9.17, 15) is 5.11 Å². The van der Waals surface area contributed by atoms with Crippen LogP contribution in [0.3, 0.4) is 0 Å². The van der Waals surface area contributed by atoms with E-state index < -0.39 is 0 Å². The van der Waals surface area contributed by atoms with Crippen LogP contribution in [0.2, 0.25) is 0 Å². The smallest absolute Gasteiger partial charge is 0.118 e. The molecular formula is C11H16O2. The number of aliphatic hydroxyl groups is 1. The van der Waals surface area contributed by atoms with Crippen LogP contribution in [0.5, 0.6) is 0 Å². The number of allylic oxidation sites excluding steroid dienone is 3. The van der Waals surface area contributed by atoms with Crippen LogP contribution in [0, 0.1) is 5.41 Å². The van der Waals surface area contributed by atoms with Crippen molar-refractivity contribution in [3.8, 4) is 0 Å². The Balaban J connectivity index is 2.34. The van der Waals surface area contributed by atoms with Gasteiger partial charge in [0, 0.05) is 12.0 Å². The van der Waals surface area contributed by atoms with Gasteiger partial charge in [0.1, 0.15) is 11.5 Å². The second-order valence-electron chi connectivity index (χ2n) is 4.55. The van der Waals surface area contributed by atoms with Crippen LogP contribution in [0.25, 0.3) is 0 Å². The zero-order valence-electron chi connectivity index (χ0n) is 8.26. The Morgan fingerprint density at radius 2 is 2.23 bits per heavy atom. The van der Waals surface area contributed by atoms with Gasteiger partial charge < -0.3 is 9.84 Å². The maximum absolute atomic E-state index is 9.76. The van der Waals surface area contributed by atoms with Crippen LogP contribution < -0.4 is 0 Å². The third-order valence-corrected chi connectivity index (χ3v) is 2.64. The van der Waals surface area contributed by atoms with Crippen molar-refractivity contribution in [1.82, 2.24) is 0 Å². The molecule has 0 aromatic carbocycles. The average molecular weight is 180 g/mol. The summed E-state index contributed by atoms with van der Waals surface area (Å²) in [5.41, 5.74) is 1.07. The molecule has 2 aliphatic rings. The summed E-state index contributed by atoms with van der Waals surface area (Å²) in [4.78, 5) is 0. The fourth-order valence-corrected chi connectivity index (χ4v) is 2.02. The van der Waals surface area contributed by atoms with Gasteiger partial charge in [-0.05, 0) is 24.3 Å². The monoisotopic (exact) mass is 180 g/mol. The van der Waals surface area contributed by atoms with Crippen LogP contribution >= 0.6 is 0 Å². The lowest BCUT2D eigenvalue weighted by Crippen LogP contribution is -2.21. The summed E-state index contributed by atoms with van der Waals surface area (Å²) in [6.07, 6.45) is 4.86. The Bertz CT molecular complexity index is 284. The first-order valence-electron chi connectivity index (χ1n) is 4.85. The molecule has 0 unspecified atom stereocenters. The number of hydrogen-bond acceptors (Lipinski definition) is 2. The van der Waals surface area contributed by atoms with Gasteiger partial charge in [0.15, 0.2) is 0 Å². The van der Waals surface area contributed by atoms with Crippen molar-refractivity contribution in [1.29, 1.82) is 0 Å². The molecule has 0 bridgehead atoms. The molecule has 0 aromatic heterocycles. The van der Waals surface area contributed by atoms with E-state index in [2.05, 4.69) is 13.8 Å². The van der Waals surface area contributed by atoms with Gasteiger partial charge in [-0.1, -0.05) is 13.8 Å². The predicted octanol–water partition coefficient (Wildman–Crippen LogP) is 2.92. The van der Waals surface area contributed by atoms with Gasteiger partial charge in [-0.2, -0.15) is 0 Å². The SMILES string of the molecule is CC1(C)C=C(O)C2=C(C1)OCCC2. The van der Waals surface area contributed by atoms with Crippen molar-refractivity contribution in [3.05, 3.63) is 23.2 Å². The molecule has 0 saturated carbocycles. The van der Waals surface area contributed by atoms with Crippen molar-refractivity contribution in [2.75, 3.05) is 6.61 Å². The first-order chi connectivity index (χ1) is 6.08. The van der Waals surface area contributed by atoms with E-state index in [1.165, 1.54) is 0 Å². The molecule has 72 valence electrons. The van der Waals surface area contributed by atoms with Crippen molar-refractivity contribution >= 4 is 0 Å². The highest BCUT2D eigenvalue weighted by atomic mass is 16.5. The molecule has 0 atom stereocenters. The average Bonchev–Trinajstić information content (AvgIpc) is 2.02. The molecule has 1 aliphatic heterocycles. The lowest BCUT2D eigenvalue weighted by Gasteiger charge is -2.32. The third-order valence-electron chi connectivity index (χ3n) is 2.64. The van der Waals surface area contributed by atoms with E-state index in [-0.39, 0.29) is 5.41 Å². The quantitative estimate of drug-likeness (QED) is 0.621. The fourth-order valence-electron chi connectivity index (χ4n) is 2.02. The minimum absolute atomic E-state index is 0.0419. The molecule has 0 aromatic rings. The summed E-state index contributed by atoms with van der Waals surface area (Å²) in [5.74, 6) is 1.45. The van der Waals surface area contributed by atoms with E-state index in [1.54, 1.807) is 0 Å². The lowest BCUT2D eigenvalue weighted by atomic mass is 9.80. The van der Waals surface area contributed by atoms with Crippen molar-refractivity contribution in [3.63, 3.8) is 0 Å². The van der Waals surface area contributed by atoms with Gasteiger partial charge in [-0.3, -0.25) is 0 Å². The number of rotatable bonds is 0. The third kappa shape index (κ3) is 1.58. The molecule has 1 heterocycles. The highest BCUT2D eigenvalue weighted by molar-refractivity contribution is 5.35. The number of hydrogen-bond donors (Lipinski definition) is 1. The Hall–Kier alpha value is -0.920. The minimum atomic E-state index is 0.0419. The zero-order valence-corrected chi connectivity index (χ0v) is 8.26. The lowest BCUT2D eigenvalue weighted by molar-refractivity contribution is 0.152. The van der Waals surface area contributed by atoms with E-state index in [1.807, 2.05) is 6.08 Å². The molecule has 2 rings (SSSR count). The highest BCUT2D eigenvalue weighted by Crippen LogP contribution is 2.39. The normalized spacial score (nSPS) is 26.2. The van der Waals surface area contributed by atoms with Gasteiger partial charge >= 0.3 is 0 Å². The first kappa shape index (κ1) is 8.67. The Morgan fingerprint density at radius 3 is 3.00 bits per heavy atom. The maximum Gasteiger partial charge on any atom is 0.118 e. The van der Waals surface area contributed by atoms with E-state index in [0.29, 0.717) is 5.76 Å². The highest BCUT2D eigenvalue weighted by Gasteiger charge is 2.29. The van der Waals surface area contributed by atoms with E-state index >= 15 is 0 Å². The van der Waals surface area contributed by atoms with Crippen molar-refractivity contribution < 1.29 is 9.84 Å². The van der Waals surface area contributed by atoms with Gasteiger partial charge in [0.05, 0.1) is 6.61 Å². The van der Waals surface area contributed by atoms with Crippen LogP contribution in [0.4, 0.5) is 0 Å². The summed E-state index contributed by atoms with van der Waals surface area (Å²) < 4.78 is 5.57. The van der Waals surface area contributed by atoms with Crippen LogP contribution in [0.15, 0.2) is 23.2 Å². The maximum atomic E-state index is 9.76. The molecular weight excluding hydrogens is 164 g/mol. The van der Waals surface area contributed by atoms with Gasteiger partial charge in [-0.25, -0.2) is 0 Å². The fraction of sp³-hybridized carbons (Fsp3) is 0.636. The summed E-state index contributed by atoms with van der Waals surface area (Å²) in [6.45, 7) is 5.04. The van der Waals surface area contributed by atoms with Crippen molar-refractivity contribution in [2.24, 2.45) is 5.41 Å². The van der Waals surface area contributed by atoms with Gasteiger partial charge in [0.2, 0.25) is 0 Å². The topological polar surface area (TPSA) is 29.5 Å². The molecule has 0 spiro atoms.